The van der Waals surface area contributed by atoms with Crippen LogP contribution in [0, 0.1) is 18.6 Å². The van der Waals surface area contributed by atoms with Crippen molar-refractivity contribution in [3.63, 3.8) is 0 Å². The van der Waals surface area contributed by atoms with E-state index in [1.165, 1.54) is 41.1 Å². The molecule has 0 spiro atoms. The standard InChI is InChI=1S/C16H12F2N4O/c1-10-19-15(16(23)20-13-6-2-11(17)3-7-13)21-22(10)14-8-4-12(18)5-9-14/h2-9H,1H3,(H,20,23). The van der Waals surface area contributed by atoms with Crippen molar-refractivity contribution in [1.29, 1.82) is 0 Å². The highest BCUT2D eigenvalue weighted by atomic mass is 19.1. The van der Waals surface area contributed by atoms with Gasteiger partial charge in [0, 0.05) is 5.69 Å². The second kappa shape index (κ2) is 5.96. The zero-order valence-electron chi connectivity index (χ0n) is 12.1. The first-order chi connectivity index (χ1) is 11.0. The minimum atomic E-state index is -0.513. The lowest BCUT2D eigenvalue weighted by molar-refractivity contribution is 0.101. The number of carbonyl (C=O) groups is 1. The Hall–Kier alpha value is -3.09. The SMILES string of the molecule is Cc1nc(C(=O)Nc2ccc(F)cc2)nn1-c1ccc(F)cc1. The van der Waals surface area contributed by atoms with Gasteiger partial charge in [0.2, 0.25) is 5.82 Å². The smallest absolute Gasteiger partial charge is 0.295 e. The second-order valence-electron chi connectivity index (χ2n) is 4.83. The monoisotopic (exact) mass is 314 g/mol. The van der Waals surface area contributed by atoms with Gasteiger partial charge in [-0.25, -0.2) is 18.4 Å². The van der Waals surface area contributed by atoms with Crippen molar-refractivity contribution < 1.29 is 13.6 Å². The third kappa shape index (κ3) is 3.23. The lowest BCUT2D eigenvalue weighted by atomic mass is 10.3. The second-order valence-corrected chi connectivity index (χ2v) is 4.83. The summed E-state index contributed by atoms with van der Waals surface area (Å²) in [6.07, 6.45) is 0. The van der Waals surface area contributed by atoms with E-state index in [1.54, 1.807) is 19.1 Å². The summed E-state index contributed by atoms with van der Waals surface area (Å²) < 4.78 is 27.3. The average Bonchev–Trinajstić information content (AvgIpc) is 2.92. The zero-order valence-corrected chi connectivity index (χ0v) is 12.1. The number of aryl methyl sites for hydroxylation is 1. The van der Waals surface area contributed by atoms with E-state index < -0.39 is 11.7 Å². The summed E-state index contributed by atoms with van der Waals surface area (Å²) in [5.41, 5.74) is 1.03. The largest absolute Gasteiger partial charge is 0.319 e. The Morgan fingerprint density at radius 3 is 2.17 bits per heavy atom. The zero-order chi connectivity index (χ0) is 16.4. The number of anilines is 1. The van der Waals surface area contributed by atoms with E-state index in [1.807, 2.05) is 0 Å². The Labute approximate surface area is 130 Å². The summed E-state index contributed by atoms with van der Waals surface area (Å²) in [6, 6.07) is 11.0. The van der Waals surface area contributed by atoms with Gasteiger partial charge >= 0.3 is 0 Å². The van der Waals surface area contributed by atoms with Gasteiger partial charge in [-0.1, -0.05) is 0 Å². The summed E-state index contributed by atoms with van der Waals surface area (Å²) in [5.74, 6) is -0.809. The van der Waals surface area contributed by atoms with Gasteiger partial charge in [0.05, 0.1) is 5.69 Å². The van der Waals surface area contributed by atoms with Crippen molar-refractivity contribution in [2.75, 3.05) is 5.32 Å². The number of carbonyl (C=O) groups excluding carboxylic acids is 1. The number of nitrogens with one attached hydrogen (secondary N) is 1. The van der Waals surface area contributed by atoms with Crippen molar-refractivity contribution >= 4 is 11.6 Å². The summed E-state index contributed by atoms with van der Waals surface area (Å²) in [6.45, 7) is 1.69. The van der Waals surface area contributed by atoms with Gasteiger partial charge in [-0.3, -0.25) is 4.79 Å². The summed E-state index contributed by atoms with van der Waals surface area (Å²) in [7, 11) is 0. The van der Waals surface area contributed by atoms with Gasteiger partial charge in [-0.05, 0) is 55.5 Å². The lowest BCUT2D eigenvalue weighted by Gasteiger charge is -2.02. The van der Waals surface area contributed by atoms with Crippen LogP contribution in [-0.2, 0) is 0 Å². The molecule has 7 heteroatoms. The Kier molecular flexibility index (Phi) is 3.84. The highest BCUT2D eigenvalue weighted by Gasteiger charge is 2.15. The third-order valence-corrected chi connectivity index (χ3v) is 3.15. The summed E-state index contributed by atoms with van der Waals surface area (Å²) >= 11 is 0. The first kappa shape index (κ1) is 14.8. The van der Waals surface area contributed by atoms with Gasteiger partial charge in [-0.2, -0.15) is 0 Å². The van der Waals surface area contributed by atoms with Crippen LogP contribution in [0.4, 0.5) is 14.5 Å². The molecule has 3 rings (SSSR count). The van der Waals surface area contributed by atoms with E-state index in [-0.39, 0.29) is 11.6 Å². The normalized spacial score (nSPS) is 10.6. The van der Waals surface area contributed by atoms with Crippen LogP contribution >= 0.6 is 0 Å². The maximum atomic E-state index is 13.0. The van der Waals surface area contributed by atoms with Crippen LogP contribution in [0.5, 0.6) is 0 Å². The number of amides is 1. The third-order valence-electron chi connectivity index (χ3n) is 3.15. The molecule has 0 radical (unpaired) electrons. The number of benzene rings is 2. The molecule has 3 aromatic rings. The van der Waals surface area contributed by atoms with Gasteiger partial charge < -0.3 is 5.32 Å². The highest BCUT2D eigenvalue weighted by Crippen LogP contribution is 2.13. The number of nitrogens with zero attached hydrogens (tertiary/aromatic N) is 3. The van der Waals surface area contributed by atoms with Crippen molar-refractivity contribution in [1.82, 2.24) is 14.8 Å². The molecule has 0 unspecified atom stereocenters. The van der Waals surface area contributed by atoms with E-state index in [2.05, 4.69) is 15.4 Å². The molecular weight excluding hydrogens is 302 g/mol. The van der Waals surface area contributed by atoms with Gasteiger partial charge in [0.15, 0.2) is 0 Å². The molecule has 1 heterocycles. The fourth-order valence-electron chi connectivity index (χ4n) is 2.03. The molecule has 0 aliphatic heterocycles. The fraction of sp³-hybridized carbons (Fsp3) is 0.0625. The van der Waals surface area contributed by atoms with E-state index >= 15 is 0 Å². The fourth-order valence-corrected chi connectivity index (χ4v) is 2.03. The number of hydrogen-bond donors (Lipinski definition) is 1. The molecule has 0 aliphatic carbocycles. The Morgan fingerprint density at radius 2 is 1.57 bits per heavy atom. The van der Waals surface area contributed by atoms with E-state index in [4.69, 9.17) is 0 Å². The van der Waals surface area contributed by atoms with Crippen molar-refractivity contribution in [2.45, 2.75) is 6.92 Å². The van der Waals surface area contributed by atoms with Crippen molar-refractivity contribution in [2.24, 2.45) is 0 Å². The molecule has 23 heavy (non-hydrogen) atoms. The average molecular weight is 314 g/mol. The van der Waals surface area contributed by atoms with E-state index in [9.17, 15) is 13.6 Å². The van der Waals surface area contributed by atoms with E-state index in [0.29, 0.717) is 17.2 Å². The quantitative estimate of drug-likeness (QED) is 0.808. The molecule has 1 aromatic heterocycles. The van der Waals surface area contributed by atoms with Gasteiger partial charge in [0.1, 0.15) is 17.5 Å². The number of halogens is 2. The molecule has 1 amide bonds. The minimum Gasteiger partial charge on any atom is -0.319 e. The van der Waals surface area contributed by atoms with Crippen LogP contribution in [-0.4, -0.2) is 20.7 Å². The van der Waals surface area contributed by atoms with Gasteiger partial charge in [-0.15, -0.1) is 5.10 Å². The van der Waals surface area contributed by atoms with E-state index in [0.717, 1.165) is 0 Å². The first-order valence-corrected chi connectivity index (χ1v) is 6.79. The molecule has 116 valence electrons. The number of rotatable bonds is 3. The Bertz CT molecular complexity index is 842. The molecule has 0 saturated heterocycles. The van der Waals surface area contributed by atoms with Gasteiger partial charge in [0.25, 0.3) is 5.91 Å². The molecule has 0 fully saturated rings. The maximum absolute atomic E-state index is 13.0. The molecule has 5 nitrogen and oxygen atoms in total. The van der Waals surface area contributed by atoms with Crippen molar-refractivity contribution in [3.8, 4) is 5.69 Å². The van der Waals surface area contributed by atoms with Crippen LogP contribution in [0.2, 0.25) is 0 Å². The molecular formula is C16H12F2N4O. The summed E-state index contributed by atoms with van der Waals surface area (Å²) in [5, 5.41) is 6.70. The molecule has 0 saturated carbocycles. The molecule has 0 bridgehead atoms. The van der Waals surface area contributed by atoms with Crippen LogP contribution in [0.15, 0.2) is 48.5 Å². The predicted molar refractivity (Wildman–Crippen MR) is 80.4 cm³/mol. The molecule has 0 aliphatic rings. The predicted octanol–water partition coefficient (Wildman–Crippen LogP) is 3.11. The topological polar surface area (TPSA) is 59.8 Å². The van der Waals surface area contributed by atoms with Crippen LogP contribution in [0.1, 0.15) is 16.4 Å². The number of hydrogen-bond acceptors (Lipinski definition) is 3. The minimum absolute atomic E-state index is 0.0313. The molecule has 0 atom stereocenters. The first-order valence-electron chi connectivity index (χ1n) is 6.79. The van der Waals surface area contributed by atoms with Crippen LogP contribution < -0.4 is 5.32 Å². The molecule has 1 N–H and O–H groups in total. The van der Waals surface area contributed by atoms with Crippen molar-refractivity contribution in [3.05, 3.63) is 71.8 Å². The maximum Gasteiger partial charge on any atom is 0.295 e. The summed E-state index contributed by atoms with van der Waals surface area (Å²) in [4.78, 5) is 16.2. The molecule has 2 aromatic carbocycles. The number of aromatic nitrogens is 3. The lowest BCUT2D eigenvalue weighted by Crippen LogP contribution is -2.14. The Morgan fingerprint density at radius 1 is 1.00 bits per heavy atom. The van der Waals surface area contributed by atoms with Crippen LogP contribution in [0.25, 0.3) is 5.69 Å². The Balaban J connectivity index is 1.83. The van der Waals surface area contributed by atoms with Crippen LogP contribution in [0.3, 0.4) is 0 Å². The highest BCUT2D eigenvalue weighted by molar-refractivity contribution is 6.01.